The van der Waals surface area contributed by atoms with Crippen LogP contribution in [0.5, 0.6) is 0 Å². The van der Waals surface area contributed by atoms with E-state index in [0.29, 0.717) is 24.6 Å². The highest BCUT2D eigenvalue weighted by molar-refractivity contribution is 9.10. The topological polar surface area (TPSA) is 70.8 Å². The van der Waals surface area contributed by atoms with E-state index >= 15 is 0 Å². The smallest absolute Gasteiger partial charge is 0.294 e. The van der Waals surface area contributed by atoms with Crippen molar-refractivity contribution in [1.29, 1.82) is 0 Å². The quantitative estimate of drug-likeness (QED) is 0.597. The van der Waals surface area contributed by atoms with Gasteiger partial charge < -0.3 is 9.32 Å². The third kappa shape index (κ3) is 4.48. The number of nitrogens with zero attached hydrogens (tertiary/aromatic N) is 2. The third-order valence-electron chi connectivity index (χ3n) is 4.90. The molecule has 0 saturated carbocycles. The van der Waals surface area contributed by atoms with E-state index in [1.54, 1.807) is 17.0 Å². The van der Waals surface area contributed by atoms with Crippen molar-refractivity contribution in [2.24, 2.45) is 0 Å². The second kappa shape index (κ2) is 8.59. The Morgan fingerprint density at radius 1 is 1.07 bits per heavy atom. The first-order chi connectivity index (χ1) is 14.0. The molecule has 4 rings (SSSR count). The van der Waals surface area contributed by atoms with E-state index in [1.165, 1.54) is 0 Å². The van der Waals surface area contributed by atoms with Crippen LogP contribution in [0.4, 0.5) is 4.79 Å². The summed E-state index contributed by atoms with van der Waals surface area (Å²) in [5.74, 6) is 0.523. The van der Waals surface area contributed by atoms with Crippen LogP contribution in [0, 0.1) is 0 Å². The maximum absolute atomic E-state index is 12.7. The Labute approximate surface area is 181 Å². The first-order valence-corrected chi connectivity index (χ1v) is 11.0. The Hall–Kier alpha value is -2.32. The Kier molecular flexibility index (Phi) is 5.91. The molecule has 2 aliphatic rings. The number of thioether (sulfide) groups is 1. The number of amides is 3. The first-order valence-electron chi connectivity index (χ1n) is 9.40. The van der Waals surface area contributed by atoms with Crippen LogP contribution < -0.4 is 0 Å². The van der Waals surface area contributed by atoms with Crippen LogP contribution in [0.15, 0.2) is 50.2 Å². The minimum Gasteiger partial charge on any atom is -0.457 e. The summed E-state index contributed by atoms with van der Waals surface area (Å²) >= 11 is 4.23. The molecule has 8 heteroatoms. The van der Waals surface area contributed by atoms with Crippen molar-refractivity contribution in [3.63, 3.8) is 0 Å². The van der Waals surface area contributed by atoms with Crippen molar-refractivity contribution in [2.75, 3.05) is 19.6 Å². The van der Waals surface area contributed by atoms with Gasteiger partial charge in [-0.1, -0.05) is 28.1 Å². The molecule has 3 heterocycles. The van der Waals surface area contributed by atoms with Crippen LogP contribution >= 0.6 is 27.7 Å². The molecule has 0 bridgehead atoms. The molecule has 0 spiro atoms. The van der Waals surface area contributed by atoms with Crippen LogP contribution in [0.3, 0.4) is 0 Å². The molecule has 2 fully saturated rings. The Morgan fingerprint density at radius 3 is 2.52 bits per heavy atom. The van der Waals surface area contributed by atoms with Gasteiger partial charge in [0, 0.05) is 29.2 Å². The van der Waals surface area contributed by atoms with Crippen LogP contribution in [-0.2, 0) is 9.59 Å². The fourth-order valence-electron chi connectivity index (χ4n) is 3.34. The first kappa shape index (κ1) is 20.0. The molecule has 0 unspecified atom stereocenters. The van der Waals surface area contributed by atoms with E-state index in [2.05, 4.69) is 15.9 Å². The molecule has 2 aromatic rings. The summed E-state index contributed by atoms with van der Waals surface area (Å²) in [4.78, 5) is 40.4. The van der Waals surface area contributed by atoms with E-state index in [0.717, 1.165) is 46.0 Å². The lowest BCUT2D eigenvalue weighted by molar-refractivity contribution is -0.136. The molecule has 29 heavy (non-hydrogen) atoms. The van der Waals surface area contributed by atoms with Crippen LogP contribution in [0.25, 0.3) is 17.4 Å². The number of likely N-dealkylation sites (tertiary alicyclic amines) is 1. The predicted octanol–water partition coefficient (Wildman–Crippen LogP) is 4.76. The van der Waals surface area contributed by atoms with Gasteiger partial charge >= 0.3 is 0 Å². The molecule has 0 atom stereocenters. The molecule has 2 saturated heterocycles. The van der Waals surface area contributed by atoms with Gasteiger partial charge in [-0.05, 0) is 55.3 Å². The number of carbonyl (C=O) groups is 3. The average molecular weight is 475 g/mol. The molecule has 3 amide bonds. The molecule has 150 valence electrons. The van der Waals surface area contributed by atoms with Gasteiger partial charge in [0.1, 0.15) is 18.1 Å². The Bertz CT molecular complexity index is 977. The number of carbonyl (C=O) groups excluding carboxylic acids is 3. The van der Waals surface area contributed by atoms with Crippen LogP contribution in [-0.4, -0.2) is 46.5 Å². The van der Waals surface area contributed by atoms with Crippen molar-refractivity contribution >= 4 is 50.8 Å². The predicted molar refractivity (Wildman–Crippen MR) is 115 cm³/mol. The molecule has 0 radical (unpaired) electrons. The lowest BCUT2D eigenvalue weighted by Crippen LogP contribution is -2.44. The normalized spacial score (nSPS) is 18.7. The largest absolute Gasteiger partial charge is 0.457 e. The summed E-state index contributed by atoms with van der Waals surface area (Å²) in [6.45, 7) is 1.18. The number of halogens is 1. The number of imide groups is 1. The molecule has 0 aliphatic carbocycles. The van der Waals surface area contributed by atoms with Crippen molar-refractivity contribution in [3.05, 3.63) is 51.5 Å². The zero-order valence-electron chi connectivity index (χ0n) is 15.6. The van der Waals surface area contributed by atoms with Gasteiger partial charge in [-0.3, -0.25) is 19.3 Å². The van der Waals surface area contributed by atoms with Gasteiger partial charge in [-0.2, -0.15) is 0 Å². The fraction of sp³-hybridized carbons (Fsp3) is 0.286. The highest BCUT2D eigenvalue weighted by atomic mass is 79.9. The van der Waals surface area contributed by atoms with Crippen molar-refractivity contribution in [2.45, 2.75) is 19.3 Å². The zero-order chi connectivity index (χ0) is 20.4. The maximum Gasteiger partial charge on any atom is 0.294 e. The Morgan fingerprint density at radius 2 is 1.79 bits per heavy atom. The van der Waals surface area contributed by atoms with E-state index in [1.807, 2.05) is 30.3 Å². The third-order valence-corrected chi connectivity index (χ3v) is 6.34. The lowest BCUT2D eigenvalue weighted by atomic mass is 10.1. The standard InChI is InChI=1S/C21H19BrN2O4S/c22-15-6-4-14(5-7-15)17-9-8-16(28-17)12-18-20(26)24(21(27)29-18)13-19(25)23-10-2-1-3-11-23/h4-9,12H,1-3,10-11,13H2/b18-12-. The molecule has 1 aromatic heterocycles. The summed E-state index contributed by atoms with van der Waals surface area (Å²) in [5, 5.41) is -0.425. The molecule has 1 aromatic carbocycles. The van der Waals surface area contributed by atoms with E-state index in [-0.39, 0.29) is 17.4 Å². The SMILES string of the molecule is O=C(CN1C(=O)S/C(=C\c2ccc(-c3ccc(Br)cc3)o2)C1=O)N1CCCCC1. The summed E-state index contributed by atoms with van der Waals surface area (Å²) in [6, 6.07) is 11.3. The summed E-state index contributed by atoms with van der Waals surface area (Å²) in [5.41, 5.74) is 0.910. The van der Waals surface area contributed by atoms with Gasteiger partial charge in [-0.15, -0.1) is 0 Å². The zero-order valence-corrected chi connectivity index (χ0v) is 18.0. The average Bonchev–Trinajstić information content (AvgIpc) is 3.29. The highest BCUT2D eigenvalue weighted by Crippen LogP contribution is 2.33. The van der Waals surface area contributed by atoms with Crippen LogP contribution in [0.1, 0.15) is 25.0 Å². The minimum atomic E-state index is -0.452. The highest BCUT2D eigenvalue weighted by Gasteiger charge is 2.37. The molecule has 2 aliphatic heterocycles. The van der Waals surface area contributed by atoms with Crippen molar-refractivity contribution < 1.29 is 18.8 Å². The number of rotatable bonds is 4. The lowest BCUT2D eigenvalue weighted by Gasteiger charge is -2.27. The number of furan rings is 1. The van der Waals surface area contributed by atoms with E-state index in [9.17, 15) is 14.4 Å². The minimum absolute atomic E-state index is 0.177. The van der Waals surface area contributed by atoms with Gasteiger partial charge in [0.15, 0.2) is 0 Å². The number of piperidine rings is 1. The molecule has 6 nitrogen and oxygen atoms in total. The van der Waals surface area contributed by atoms with Crippen molar-refractivity contribution in [1.82, 2.24) is 9.80 Å². The maximum atomic E-state index is 12.7. The molecular formula is C21H19BrN2O4S. The monoisotopic (exact) mass is 474 g/mol. The second-order valence-corrected chi connectivity index (χ2v) is 8.83. The summed E-state index contributed by atoms with van der Waals surface area (Å²) in [7, 11) is 0. The van der Waals surface area contributed by atoms with E-state index in [4.69, 9.17) is 4.42 Å². The summed E-state index contributed by atoms with van der Waals surface area (Å²) < 4.78 is 6.78. The van der Waals surface area contributed by atoms with E-state index < -0.39 is 11.1 Å². The van der Waals surface area contributed by atoms with Gasteiger partial charge in [0.25, 0.3) is 11.1 Å². The summed E-state index contributed by atoms with van der Waals surface area (Å²) in [6.07, 6.45) is 4.59. The van der Waals surface area contributed by atoms with Gasteiger partial charge in [-0.25, -0.2) is 0 Å². The molecular weight excluding hydrogens is 456 g/mol. The van der Waals surface area contributed by atoms with Crippen molar-refractivity contribution in [3.8, 4) is 11.3 Å². The van der Waals surface area contributed by atoms with Crippen LogP contribution in [0.2, 0.25) is 0 Å². The van der Waals surface area contributed by atoms with Gasteiger partial charge in [0.2, 0.25) is 5.91 Å². The number of benzene rings is 1. The number of hydrogen-bond donors (Lipinski definition) is 0. The fourth-order valence-corrected chi connectivity index (χ4v) is 4.43. The second-order valence-electron chi connectivity index (χ2n) is 6.92. The Balaban J connectivity index is 1.46. The number of hydrogen-bond acceptors (Lipinski definition) is 5. The molecule has 0 N–H and O–H groups in total. The van der Waals surface area contributed by atoms with Gasteiger partial charge in [0.05, 0.1) is 4.91 Å².